The monoisotopic (exact) mass is 315 g/mol. The number of carbonyl (C=O) groups is 2. The number of amides is 1. The van der Waals surface area contributed by atoms with Gasteiger partial charge in [0.05, 0.1) is 17.5 Å². The maximum Gasteiger partial charge on any atom is 0.356 e. The first-order chi connectivity index (χ1) is 9.76. The van der Waals surface area contributed by atoms with Crippen LogP contribution in [0.5, 0.6) is 0 Å². The van der Waals surface area contributed by atoms with Crippen LogP contribution in [0.2, 0.25) is 0 Å². The summed E-state index contributed by atoms with van der Waals surface area (Å²) in [6, 6.07) is 1.82. The summed E-state index contributed by atoms with van der Waals surface area (Å²) < 4.78 is 25.4. The van der Waals surface area contributed by atoms with Crippen LogP contribution < -0.4 is 10.0 Å². The Morgan fingerprint density at radius 3 is 2.67 bits per heavy atom. The van der Waals surface area contributed by atoms with Crippen molar-refractivity contribution in [1.29, 1.82) is 0 Å². The third-order valence-electron chi connectivity index (χ3n) is 2.49. The lowest BCUT2D eigenvalue weighted by Gasteiger charge is -2.14. The first kappa shape index (κ1) is 17.1. The van der Waals surface area contributed by atoms with Crippen molar-refractivity contribution >= 4 is 27.6 Å². The van der Waals surface area contributed by atoms with Crippen molar-refractivity contribution in [2.75, 3.05) is 11.1 Å². The van der Waals surface area contributed by atoms with Crippen LogP contribution in [0.3, 0.4) is 0 Å². The standard InChI is InChI=1S/C12H17N3O5S/c1-3-7-21(19,20)15-8(2)11(16)14-9-5-4-6-13-10(9)12(17)18/h4-6,8,15H,3,7H2,1-2H3,(H,14,16)(H,17,18). The molecule has 0 aliphatic carbocycles. The lowest BCUT2D eigenvalue weighted by atomic mass is 10.2. The summed E-state index contributed by atoms with van der Waals surface area (Å²) in [7, 11) is -3.54. The minimum atomic E-state index is -3.54. The summed E-state index contributed by atoms with van der Waals surface area (Å²) in [5.74, 6) is -2.03. The van der Waals surface area contributed by atoms with E-state index < -0.39 is 27.9 Å². The fourth-order valence-electron chi connectivity index (χ4n) is 1.57. The molecule has 1 atom stereocenters. The number of carboxylic acid groups (broad SMARTS) is 1. The number of sulfonamides is 1. The molecule has 0 radical (unpaired) electrons. The van der Waals surface area contributed by atoms with E-state index in [9.17, 15) is 18.0 Å². The summed E-state index contributed by atoms with van der Waals surface area (Å²) in [6.45, 7) is 3.08. The molecule has 1 heterocycles. The molecule has 0 spiro atoms. The molecule has 21 heavy (non-hydrogen) atoms. The molecule has 1 rings (SSSR count). The molecule has 1 unspecified atom stereocenters. The highest BCUT2D eigenvalue weighted by molar-refractivity contribution is 7.89. The number of hydrogen-bond donors (Lipinski definition) is 3. The summed E-state index contributed by atoms with van der Waals surface area (Å²) in [5, 5.41) is 11.3. The van der Waals surface area contributed by atoms with E-state index >= 15 is 0 Å². The van der Waals surface area contributed by atoms with Crippen LogP contribution in [-0.4, -0.2) is 42.2 Å². The molecule has 3 N–H and O–H groups in total. The zero-order valence-electron chi connectivity index (χ0n) is 11.7. The van der Waals surface area contributed by atoms with E-state index in [4.69, 9.17) is 5.11 Å². The molecule has 0 saturated carbocycles. The number of rotatable bonds is 7. The van der Waals surface area contributed by atoms with Gasteiger partial charge in [-0.25, -0.2) is 22.9 Å². The number of aromatic carboxylic acids is 1. The zero-order valence-corrected chi connectivity index (χ0v) is 12.5. The number of anilines is 1. The Balaban J connectivity index is 2.80. The highest BCUT2D eigenvalue weighted by Crippen LogP contribution is 2.12. The van der Waals surface area contributed by atoms with Crippen molar-refractivity contribution in [3.8, 4) is 0 Å². The Morgan fingerprint density at radius 2 is 2.10 bits per heavy atom. The molecule has 0 bridgehead atoms. The van der Waals surface area contributed by atoms with E-state index in [1.165, 1.54) is 25.3 Å². The number of nitrogens with one attached hydrogen (secondary N) is 2. The maximum atomic E-state index is 11.9. The van der Waals surface area contributed by atoms with Crippen LogP contribution >= 0.6 is 0 Å². The maximum absolute atomic E-state index is 11.9. The summed E-state index contributed by atoms with van der Waals surface area (Å²) in [5.41, 5.74) is -0.300. The largest absolute Gasteiger partial charge is 0.476 e. The topological polar surface area (TPSA) is 125 Å². The summed E-state index contributed by atoms with van der Waals surface area (Å²) in [4.78, 5) is 26.5. The number of aromatic nitrogens is 1. The quantitative estimate of drug-likeness (QED) is 0.670. The molecule has 0 fully saturated rings. The third-order valence-corrected chi connectivity index (χ3v) is 4.15. The van der Waals surface area contributed by atoms with Gasteiger partial charge >= 0.3 is 5.97 Å². The van der Waals surface area contributed by atoms with Crippen molar-refractivity contribution in [2.45, 2.75) is 26.3 Å². The number of hydrogen-bond acceptors (Lipinski definition) is 5. The highest BCUT2D eigenvalue weighted by atomic mass is 32.2. The van der Waals surface area contributed by atoms with Gasteiger partial charge in [0.1, 0.15) is 0 Å². The van der Waals surface area contributed by atoms with Crippen LogP contribution in [0, 0.1) is 0 Å². The second kappa shape index (κ2) is 7.14. The predicted octanol–water partition coefficient (Wildman–Crippen LogP) is 0.436. The Bertz CT molecular complexity index is 630. The second-order valence-corrected chi connectivity index (χ2v) is 6.23. The van der Waals surface area contributed by atoms with Crippen LogP contribution in [0.25, 0.3) is 0 Å². The van der Waals surface area contributed by atoms with Crippen molar-refractivity contribution in [3.05, 3.63) is 24.0 Å². The molecule has 0 saturated heterocycles. The Kier molecular flexibility index (Phi) is 5.79. The van der Waals surface area contributed by atoms with Gasteiger partial charge in [0.15, 0.2) is 5.69 Å². The van der Waals surface area contributed by atoms with Gasteiger partial charge in [-0.1, -0.05) is 6.92 Å². The lowest BCUT2D eigenvalue weighted by Crippen LogP contribution is -2.42. The molecule has 8 nitrogen and oxygen atoms in total. The minimum Gasteiger partial charge on any atom is -0.476 e. The van der Waals surface area contributed by atoms with Crippen LogP contribution in [0.15, 0.2) is 18.3 Å². The van der Waals surface area contributed by atoms with E-state index in [1.807, 2.05) is 0 Å². The van der Waals surface area contributed by atoms with Gasteiger partial charge < -0.3 is 10.4 Å². The summed E-state index contributed by atoms with van der Waals surface area (Å²) in [6.07, 6.45) is 1.71. The molecule has 9 heteroatoms. The average Bonchev–Trinajstić information content (AvgIpc) is 2.38. The SMILES string of the molecule is CCCS(=O)(=O)NC(C)C(=O)Nc1cccnc1C(=O)O. The second-order valence-electron chi connectivity index (χ2n) is 4.35. The van der Waals surface area contributed by atoms with Gasteiger partial charge in [0, 0.05) is 6.20 Å². The van der Waals surface area contributed by atoms with Gasteiger partial charge in [-0.05, 0) is 25.5 Å². The predicted molar refractivity (Wildman–Crippen MR) is 76.5 cm³/mol. The molecular formula is C12H17N3O5S. The fourth-order valence-corrected chi connectivity index (χ4v) is 2.87. The molecule has 116 valence electrons. The number of carbonyl (C=O) groups excluding carboxylic acids is 1. The van der Waals surface area contributed by atoms with Crippen molar-refractivity contribution in [1.82, 2.24) is 9.71 Å². The van der Waals surface area contributed by atoms with E-state index in [2.05, 4.69) is 15.0 Å². The average molecular weight is 315 g/mol. The highest BCUT2D eigenvalue weighted by Gasteiger charge is 2.21. The van der Waals surface area contributed by atoms with Gasteiger partial charge in [-0.2, -0.15) is 0 Å². The van der Waals surface area contributed by atoms with Crippen molar-refractivity contribution < 1.29 is 23.1 Å². The molecule has 0 aliphatic heterocycles. The molecule has 0 aromatic carbocycles. The third kappa shape index (κ3) is 5.12. The Labute approximate surface area is 122 Å². The Hall–Kier alpha value is -2.00. The van der Waals surface area contributed by atoms with Crippen molar-refractivity contribution in [2.24, 2.45) is 0 Å². The molecule has 1 amide bonds. The van der Waals surface area contributed by atoms with Crippen LogP contribution in [0.4, 0.5) is 5.69 Å². The van der Waals surface area contributed by atoms with E-state index in [0.29, 0.717) is 6.42 Å². The minimum absolute atomic E-state index is 0.0107. The van der Waals surface area contributed by atoms with Gasteiger partial charge in [-0.3, -0.25) is 4.79 Å². The first-order valence-corrected chi connectivity index (χ1v) is 7.91. The zero-order chi connectivity index (χ0) is 16.0. The van der Waals surface area contributed by atoms with Gasteiger partial charge in [-0.15, -0.1) is 0 Å². The smallest absolute Gasteiger partial charge is 0.356 e. The van der Waals surface area contributed by atoms with E-state index in [1.54, 1.807) is 6.92 Å². The first-order valence-electron chi connectivity index (χ1n) is 6.26. The Morgan fingerprint density at radius 1 is 1.43 bits per heavy atom. The van der Waals surface area contributed by atoms with Crippen LogP contribution in [-0.2, 0) is 14.8 Å². The fraction of sp³-hybridized carbons (Fsp3) is 0.417. The molecule has 1 aromatic heterocycles. The van der Waals surface area contributed by atoms with Crippen LogP contribution in [0.1, 0.15) is 30.8 Å². The molecule has 0 aliphatic rings. The molecule has 1 aromatic rings. The van der Waals surface area contributed by atoms with Crippen molar-refractivity contribution in [3.63, 3.8) is 0 Å². The number of pyridine rings is 1. The van der Waals surface area contributed by atoms with Gasteiger partial charge in [0.25, 0.3) is 0 Å². The summed E-state index contributed by atoms with van der Waals surface area (Å²) >= 11 is 0. The number of carboxylic acids is 1. The van der Waals surface area contributed by atoms with E-state index in [0.717, 1.165) is 0 Å². The normalized spacial score (nSPS) is 12.7. The number of nitrogens with zero attached hydrogens (tertiary/aromatic N) is 1. The van der Waals surface area contributed by atoms with E-state index in [-0.39, 0.29) is 17.1 Å². The molecular weight excluding hydrogens is 298 g/mol. The van der Waals surface area contributed by atoms with Gasteiger partial charge in [0.2, 0.25) is 15.9 Å². The lowest BCUT2D eigenvalue weighted by molar-refractivity contribution is -0.117.